The summed E-state index contributed by atoms with van der Waals surface area (Å²) in [6.45, 7) is 3.79. The minimum atomic E-state index is -0.709. The van der Waals surface area contributed by atoms with Crippen LogP contribution in [-0.2, 0) is 16.2 Å². The second-order valence-electron chi connectivity index (χ2n) is 3.93. The summed E-state index contributed by atoms with van der Waals surface area (Å²) in [5.41, 5.74) is 8.48. The van der Waals surface area contributed by atoms with Gasteiger partial charge in [0.1, 0.15) is 5.84 Å². The summed E-state index contributed by atoms with van der Waals surface area (Å²) < 4.78 is 0. The molecule has 0 bridgehead atoms. The number of amides is 1. The first-order valence-electron chi connectivity index (χ1n) is 5.88. The number of benzene rings is 1. The van der Waals surface area contributed by atoms with Crippen LogP contribution in [0.4, 0.5) is 0 Å². The fourth-order valence-electron chi connectivity index (χ4n) is 1.33. The third kappa shape index (κ3) is 5.59. The second-order valence-corrected chi connectivity index (χ2v) is 4.75. The largest absolute Gasteiger partial charge is 0.366 e. The molecule has 1 aromatic carbocycles. The maximum Gasteiger partial charge on any atom is 0.249 e. The smallest absolute Gasteiger partial charge is 0.249 e. The Morgan fingerprint density at radius 2 is 2.19 bits per heavy atom. The van der Waals surface area contributed by atoms with E-state index in [9.17, 15) is 4.79 Å². The minimum Gasteiger partial charge on any atom is -0.366 e. The molecule has 7 heteroatoms. The summed E-state index contributed by atoms with van der Waals surface area (Å²) >= 11 is 12.0. The van der Waals surface area contributed by atoms with E-state index in [1.807, 2.05) is 18.2 Å². The number of primary amides is 1. The maximum absolute atomic E-state index is 11.0. The van der Waals surface area contributed by atoms with Crippen molar-refractivity contribution in [2.75, 3.05) is 7.11 Å². The zero-order valence-corrected chi connectivity index (χ0v) is 12.9. The van der Waals surface area contributed by atoms with Crippen molar-refractivity contribution in [3.63, 3.8) is 0 Å². The number of hydrogen-bond donors (Lipinski definition) is 2. The molecule has 0 aliphatic rings. The molecule has 0 atom stereocenters. The van der Waals surface area contributed by atoms with Gasteiger partial charge >= 0.3 is 0 Å². The second kappa shape index (κ2) is 8.46. The molecule has 0 aliphatic heterocycles. The van der Waals surface area contributed by atoms with E-state index >= 15 is 0 Å². The van der Waals surface area contributed by atoms with Gasteiger partial charge in [-0.1, -0.05) is 48.0 Å². The van der Waals surface area contributed by atoms with Crippen molar-refractivity contribution < 1.29 is 9.63 Å². The Kier molecular flexibility index (Phi) is 6.94. The van der Waals surface area contributed by atoms with Crippen LogP contribution in [0, 0.1) is 0 Å². The van der Waals surface area contributed by atoms with Crippen molar-refractivity contribution in [1.29, 1.82) is 0 Å². The molecule has 3 N–H and O–H groups in total. The molecular formula is C14H15Cl2N3O2. The summed E-state index contributed by atoms with van der Waals surface area (Å²) in [5.74, 6) is -0.399. The van der Waals surface area contributed by atoms with Gasteiger partial charge in [0.15, 0.2) is 0 Å². The molecule has 1 amide bonds. The van der Waals surface area contributed by atoms with Gasteiger partial charge < -0.3 is 5.73 Å². The molecule has 0 aliphatic carbocycles. The molecule has 0 unspecified atom stereocenters. The highest BCUT2D eigenvalue weighted by atomic mass is 35.5. The molecule has 0 aromatic heterocycles. The third-order valence-corrected chi connectivity index (χ3v) is 3.14. The molecule has 0 heterocycles. The lowest BCUT2D eigenvalue weighted by Crippen LogP contribution is -2.21. The lowest BCUT2D eigenvalue weighted by Gasteiger charge is -2.06. The Bertz CT molecular complexity index is 598. The van der Waals surface area contributed by atoms with E-state index in [1.54, 1.807) is 6.07 Å². The predicted molar refractivity (Wildman–Crippen MR) is 85.0 cm³/mol. The van der Waals surface area contributed by atoms with Crippen LogP contribution in [0.15, 0.2) is 52.5 Å². The highest BCUT2D eigenvalue weighted by molar-refractivity contribution is 6.36. The highest BCUT2D eigenvalue weighted by Gasteiger charge is 2.07. The number of nitrogens with zero attached hydrogens (tertiary/aromatic N) is 1. The fraction of sp³-hybridized carbons (Fsp3) is 0.143. The molecule has 5 nitrogen and oxygen atoms in total. The molecular weight excluding hydrogens is 313 g/mol. The molecule has 1 aromatic rings. The van der Waals surface area contributed by atoms with Gasteiger partial charge in [0.2, 0.25) is 5.91 Å². The minimum absolute atomic E-state index is 0.0139. The Labute approximate surface area is 133 Å². The van der Waals surface area contributed by atoms with Crippen molar-refractivity contribution in [1.82, 2.24) is 5.48 Å². The zero-order chi connectivity index (χ0) is 15.8. The number of carbonyl (C=O) groups excluding carboxylic acids is 1. The van der Waals surface area contributed by atoms with E-state index < -0.39 is 5.91 Å². The Balaban J connectivity index is 2.94. The van der Waals surface area contributed by atoms with E-state index in [2.05, 4.69) is 17.1 Å². The molecule has 0 saturated carbocycles. The van der Waals surface area contributed by atoms with Gasteiger partial charge in [-0.25, -0.2) is 5.48 Å². The van der Waals surface area contributed by atoms with Crippen molar-refractivity contribution >= 4 is 34.9 Å². The zero-order valence-electron chi connectivity index (χ0n) is 11.4. The standard InChI is InChI=1S/C14H15Cl2N3O2/c1-9(14(17)20)12(16)7-13(19-21-2)18-8-10-5-3-4-6-11(10)15/h3-7H,1,8H2,2H3,(H2,17,20)(H,18,19)/b12-7+. The van der Waals surface area contributed by atoms with Crippen LogP contribution in [0.5, 0.6) is 0 Å². The Hall–Kier alpha value is -1.82. The van der Waals surface area contributed by atoms with Crippen LogP contribution in [0.25, 0.3) is 0 Å². The van der Waals surface area contributed by atoms with Crippen molar-refractivity contribution in [3.8, 4) is 0 Å². The molecule has 0 spiro atoms. The average Bonchev–Trinajstić information content (AvgIpc) is 2.45. The number of halogens is 2. The van der Waals surface area contributed by atoms with Gasteiger partial charge in [0.25, 0.3) is 0 Å². The number of hydroxylamine groups is 1. The van der Waals surface area contributed by atoms with E-state index in [-0.39, 0.29) is 10.6 Å². The van der Waals surface area contributed by atoms with Gasteiger partial charge in [0, 0.05) is 11.1 Å². The number of rotatable bonds is 6. The average molecular weight is 328 g/mol. The summed E-state index contributed by atoms with van der Waals surface area (Å²) in [6.07, 6.45) is 1.40. The van der Waals surface area contributed by atoms with Gasteiger partial charge in [-0.2, -0.15) is 0 Å². The quantitative estimate of drug-likeness (QED) is 0.277. The molecule has 1 rings (SSSR count). The van der Waals surface area contributed by atoms with Crippen LogP contribution in [0.1, 0.15) is 5.56 Å². The number of carbonyl (C=O) groups is 1. The maximum atomic E-state index is 11.0. The SMILES string of the molecule is C=C(C(N)=O)/C(Cl)=C\C(=NCc1ccccc1Cl)NOC. The lowest BCUT2D eigenvalue weighted by atomic mass is 10.2. The van der Waals surface area contributed by atoms with E-state index in [1.165, 1.54) is 13.2 Å². The van der Waals surface area contributed by atoms with Crippen molar-refractivity contribution in [2.24, 2.45) is 10.7 Å². The summed E-state index contributed by atoms with van der Waals surface area (Å²) in [7, 11) is 1.43. The van der Waals surface area contributed by atoms with Gasteiger partial charge in [-0.15, -0.1) is 0 Å². The van der Waals surface area contributed by atoms with Gasteiger partial charge in [-0.05, 0) is 11.6 Å². The van der Waals surface area contributed by atoms with E-state index in [0.717, 1.165) is 5.56 Å². The molecule has 0 fully saturated rings. The summed E-state index contributed by atoms with van der Waals surface area (Å²) in [5, 5.41) is 0.680. The Morgan fingerprint density at radius 3 is 2.76 bits per heavy atom. The number of hydrogen-bond acceptors (Lipinski definition) is 3. The lowest BCUT2D eigenvalue weighted by molar-refractivity contribution is -0.114. The first-order chi connectivity index (χ1) is 9.95. The van der Waals surface area contributed by atoms with E-state index in [0.29, 0.717) is 17.4 Å². The van der Waals surface area contributed by atoms with Crippen LogP contribution >= 0.6 is 23.2 Å². The van der Waals surface area contributed by atoms with Crippen LogP contribution in [0.2, 0.25) is 5.02 Å². The number of aliphatic imine (C=N–C) groups is 1. The summed E-state index contributed by atoms with van der Waals surface area (Å²) in [6, 6.07) is 7.31. The number of nitrogens with two attached hydrogens (primary N) is 1. The normalized spacial score (nSPS) is 12.1. The molecule has 21 heavy (non-hydrogen) atoms. The molecule has 0 radical (unpaired) electrons. The van der Waals surface area contributed by atoms with Crippen LogP contribution < -0.4 is 11.2 Å². The molecule has 112 valence electrons. The van der Waals surface area contributed by atoms with Crippen molar-refractivity contribution in [2.45, 2.75) is 6.54 Å². The van der Waals surface area contributed by atoms with Crippen LogP contribution in [-0.4, -0.2) is 18.9 Å². The predicted octanol–water partition coefficient (Wildman–Crippen LogP) is 2.55. The summed E-state index contributed by atoms with van der Waals surface area (Å²) in [4.78, 5) is 20.1. The Morgan fingerprint density at radius 1 is 1.52 bits per heavy atom. The van der Waals surface area contributed by atoms with Crippen LogP contribution in [0.3, 0.4) is 0 Å². The first-order valence-corrected chi connectivity index (χ1v) is 6.64. The fourth-order valence-corrected chi connectivity index (χ4v) is 1.73. The number of amidine groups is 1. The first kappa shape index (κ1) is 17.2. The molecule has 0 saturated heterocycles. The van der Waals surface area contributed by atoms with Crippen molar-refractivity contribution in [3.05, 3.63) is 58.1 Å². The van der Waals surface area contributed by atoms with E-state index in [4.69, 9.17) is 33.8 Å². The number of nitrogens with one attached hydrogen (secondary N) is 1. The topological polar surface area (TPSA) is 76.7 Å². The monoisotopic (exact) mass is 327 g/mol. The van der Waals surface area contributed by atoms with Gasteiger partial charge in [-0.3, -0.25) is 14.6 Å². The highest BCUT2D eigenvalue weighted by Crippen LogP contribution is 2.16. The van der Waals surface area contributed by atoms with Gasteiger partial charge in [0.05, 0.1) is 24.3 Å². The third-order valence-electron chi connectivity index (χ3n) is 2.43.